The van der Waals surface area contributed by atoms with Crippen molar-refractivity contribution in [3.63, 3.8) is 0 Å². The summed E-state index contributed by atoms with van der Waals surface area (Å²) in [5.41, 5.74) is 3.63. The lowest BCUT2D eigenvalue weighted by molar-refractivity contribution is 0.574. The standard InChI is InChI=1S/C25H21ClN2O2S/c1-2-17-28-24(20-13-7-4-8-14-20)23(19-11-5-3-6-12-19)27-25(28)31(29,30)18-21-15-9-10-16-22(21)26/h2-16H,1,17-18H2. The highest BCUT2D eigenvalue weighted by Crippen LogP contribution is 2.35. The minimum absolute atomic E-state index is 0.00465. The zero-order chi connectivity index (χ0) is 21.8. The Balaban J connectivity index is 1.95. The number of halogens is 1. The van der Waals surface area contributed by atoms with Crippen LogP contribution in [0.15, 0.2) is 103 Å². The molecule has 0 spiro atoms. The highest BCUT2D eigenvalue weighted by molar-refractivity contribution is 7.90. The number of rotatable bonds is 7. The van der Waals surface area contributed by atoms with Crippen LogP contribution in [0, 0.1) is 0 Å². The predicted molar refractivity (Wildman–Crippen MR) is 126 cm³/mol. The summed E-state index contributed by atoms with van der Waals surface area (Å²) in [4.78, 5) is 4.66. The van der Waals surface area contributed by atoms with E-state index in [2.05, 4.69) is 11.6 Å². The Morgan fingerprint density at radius 1 is 0.871 bits per heavy atom. The number of aromatic nitrogens is 2. The van der Waals surface area contributed by atoms with E-state index >= 15 is 0 Å². The number of hydrogen-bond acceptors (Lipinski definition) is 3. The van der Waals surface area contributed by atoms with E-state index in [4.69, 9.17) is 11.6 Å². The lowest BCUT2D eigenvalue weighted by Crippen LogP contribution is -2.13. The first-order valence-electron chi connectivity index (χ1n) is 9.79. The Kier molecular flexibility index (Phi) is 6.07. The second-order valence-electron chi connectivity index (χ2n) is 7.07. The normalized spacial score (nSPS) is 11.4. The Morgan fingerprint density at radius 3 is 2.06 bits per heavy atom. The highest BCUT2D eigenvalue weighted by Gasteiger charge is 2.28. The second kappa shape index (κ2) is 8.92. The predicted octanol–water partition coefficient (Wildman–Crippen LogP) is 6.03. The number of benzene rings is 3. The average Bonchev–Trinajstić information content (AvgIpc) is 3.17. The van der Waals surface area contributed by atoms with Gasteiger partial charge in [-0.2, -0.15) is 0 Å². The van der Waals surface area contributed by atoms with Gasteiger partial charge in [0.2, 0.25) is 15.0 Å². The Labute approximate surface area is 187 Å². The van der Waals surface area contributed by atoms with Gasteiger partial charge in [-0.3, -0.25) is 0 Å². The van der Waals surface area contributed by atoms with Crippen molar-refractivity contribution >= 4 is 21.4 Å². The van der Waals surface area contributed by atoms with Gasteiger partial charge in [-0.15, -0.1) is 6.58 Å². The average molecular weight is 449 g/mol. The third-order valence-electron chi connectivity index (χ3n) is 4.92. The van der Waals surface area contributed by atoms with Gasteiger partial charge in [0.1, 0.15) is 0 Å². The lowest BCUT2D eigenvalue weighted by atomic mass is 10.0. The fourth-order valence-electron chi connectivity index (χ4n) is 3.54. The molecule has 0 bridgehead atoms. The fraction of sp³-hybridized carbons (Fsp3) is 0.0800. The minimum atomic E-state index is -3.79. The van der Waals surface area contributed by atoms with Gasteiger partial charge in [-0.05, 0) is 11.6 Å². The van der Waals surface area contributed by atoms with Crippen molar-refractivity contribution in [2.24, 2.45) is 0 Å². The van der Waals surface area contributed by atoms with Crippen molar-refractivity contribution in [2.75, 3.05) is 0 Å². The topological polar surface area (TPSA) is 52.0 Å². The minimum Gasteiger partial charge on any atom is -0.310 e. The number of allylic oxidation sites excluding steroid dienone is 1. The van der Waals surface area contributed by atoms with Crippen LogP contribution in [-0.2, 0) is 22.1 Å². The highest BCUT2D eigenvalue weighted by atomic mass is 35.5. The monoisotopic (exact) mass is 448 g/mol. The zero-order valence-electron chi connectivity index (χ0n) is 16.8. The molecule has 156 valence electrons. The molecule has 0 unspecified atom stereocenters. The molecular weight excluding hydrogens is 428 g/mol. The van der Waals surface area contributed by atoms with Crippen molar-refractivity contribution in [1.82, 2.24) is 9.55 Å². The molecule has 4 rings (SSSR count). The first-order chi connectivity index (χ1) is 15.0. The number of hydrogen-bond donors (Lipinski definition) is 0. The van der Waals surface area contributed by atoms with Gasteiger partial charge in [0, 0.05) is 22.7 Å². The van der Waals surface area contributed by atoms with E-state index in [0.717, 1.165) is 16.8 Å². The van der Waals surface area contributed by atoms with Crippen molar-refractivity contribution in [1.29, 1.82) is 0 Å². The van der Waals surface area contributed by atoms with Gasteiger partial charge in [0.25, 0.3) is 0 Å². The van der Waals surface area contributed by atoms with Crippen LogP contribution in [0.4, 0.5) is 0 Å². The van der Waals surface area contributed by atoms with Crippen LogP contribution in [0.25, 0.3) is 22.5 Å². The van der Waals surface area contributed by atoms with Gasteiger partial charge in [0.05, 0.1) is 17.1 Å². The van der Waals surface area contributed by atoms with E-state index in [-0.39, 0.29) is 10.9 Å². The van der Waals surface area contributed by atoms with E-state index < -0.39 is 9.84 Å². The molecule has 0 fully saturated rings. The lowest BCUT2D eigenvalue weighted by Gasteiger charge is -2.12. The molecule has 0 aliphatic rings. The first-order valence-corrected chi connectivity index (χ1v) is 11.8. The van der Waals surface area contributed by atoms with Crippen LogP contribution in [-0.4, -0.2) is 18.0 Å². The largest absolute Gasteiger partial charge is 0.310 e. The summed E-state index contributed by atoms with van der Waals surface area (Å²) in [6.45, 7) is 4.14. The molecule has 1 heterocycles. The van der Waals surface area contributed by atoms with Crippen LogP contribution in [0.3, 0.4) is 0 Å². The Morgan fingerprint density at radius 2 is 1.45 bits per heavy atom. The van der Waals surface area contributed by atoms with E-state index in [9.17, 15) is 8.42 Å². The molecular formula is C25H21ClN2O2S. The van der Waals surface area contributed by atoms with Crippen LogP contribution in [0.2, 0.25) is 5.02 Å². The number of nitrogens with zero attached hydrogens (tertiary/aromatic N) is 2. The fourth-order valence-corrected chi connectivity index (χ4v) is 5.34. The summed E-state index contributed by atoms with van der Waals surface area (Å²) in [6.07, 6.45) is 1.68. The Hall–Kier alpha value is -3.15. The van der Waals surface area contributed by atoms with E-state index in [1.807, 2.05) is 60.7 Å². The zero-order valence-corrected chi connectivity index (χ0v) is 18.4. The summed E-state index contributed by atoms with van der Waals surface area (Å²) in [7, 11) is -3.79. The van der Waals surface area contributed by atoms with Crippen molar-refractivity contribution in [3.05, 3.63) is 108 Å². The van der Waals surface area contributed by atoms with Gasteiger partial charge >= 0.3 is 0 Å². The summed E-state index contributed by atoms with van der Waals surface area (Å²) in [5, 5.41) is 0.421. The molecule has 0 aliphatic carbocycles. The van der Waals surface area contributed by atoms with Gasteiger partial charge in [-0.25, -0.2) is 13.4 Å². The maximum Gasteiger partial charge on any atom is 0.229 e. The summed E-state index contributed by atoms with van der Waals surface area (Å²) in [5.74, 6) is -0.233. The second-order valence-corrected chi connectivity index (χ2v) is 9.36. The molecule has 0 N–H and O–H groups in total. The summed E-state index contributed by atoms with van der Waals surface area (Å²) in [6, 6.07) is 26.2. The summed E-state index contributed by atoms with van der Waals surface area (Å²) >= 11 is 6.24. The van der Waals surface area contributed by atoms with E-state index in [0.29, 0.717) is 22.8 Å². The number of sulfone groups is 1. The quantitative estimate of drug-likeness (QED) is 0.324. The first kappa shape index (κ1) is 21.1. The maximum absolute atomic E-state index is 13.5. The van der Waals surface area contributed by atoms with E-state index in [1.54, 1.807) is 34.9 Å². The smallest absolute Gasteiger partial charge is 0.229 e. The molecule has 0 saturated heterocycles. The molecule has 0 saturated carbocycles. The third-order valence-corrected chi connectivity index (χ3v) is 6.85. The molecule has 0 aliphatic heterocycles. The maximum atomic E-state index is 13.5. The summed E-state index contributed by atoms with van der Waals surface area (Å²) < 4.78 is 28.7. The molecule has 0 atom stereocenters. The molecule has 4 aromatic rings. The molecule has 31 heavy (non-hydrogen) atoms. The molecule has 6 heteroatoms. The van der Waals surface area contributed by atoms with Crippen molar-refractivity contribution in [2.45, 2.75) is 17.5 Å². The van der Waals surface area contributed by atoms with Crippen LogP contribution < -0.4 is 0 Å². The third kappa shape index (κ3) is 4.33. The van der Waals surface area contributed by atoms with Crippen molar-refractivity contribution in [3.8, 4) is 22.5 Å². The molecule has 0 radical (unpaired) electrons. The number of imidazole rings is 1. The van der Waals surface area contributed by atoms with Crippen LogP contribution >= 0.6 is 11.6 Å². The molecule has 4 nitrogen and oxygen atoms in total. The molecule has 1 aromatic heterocycles. The van der Waals surface area contributed by atoms with Gasteiger partial charge in [0.15, 0.2) is 0 Å². The van der Waals surface area contributed by atoms with Crippen molar-refractivity contribution < 1.29 is 8.42 Å². The van der Waals surface area contributed by atoms with Crippen LogP contribution in [0.1, 0.15) is 5.56 Å². The van der Waals surface area contributed by atoms with Crippen LogP contribution in [0.5, 0.6) is 0 Å². The Bertz CT molecular complexity index is 1310. The van der Waals surface area contributed by atoms with Gasteiger partial charge in [-0.1, -0.05) is 96.5 Å². The van der Waals surface area contributed by atoms with E-state index in [1.165, 1.54) is 0 Å². The van der Waals surface area contributed by atoms with Gasteiger partial charge < -0.3 is 4.57 Å². The SMILES string of the molecule is C=CCn1c(S(=O)(=O)Cc2ccccc2Cl)nc(-c2ccccc2)c1-c1ccccc1. The molecule has 3 aromatic carbocycles. The molecule has 0 amide bonds.